The topological polar surface area (TPSA) is 108 Å². The Hall–Kier alpha value is -1.51. The molecule has 0 fully saturated rings. The summed E-state index contributed by atoms with van der Waals surface area (Å²) >= 11 is 0. The molecule has 1 aromatic carbocycles. The maximum atomic E-state index is 11.2. The van der Waals surface area contributed by atoms with Gasteiger partial charge in [-0.1, -0.05) is 0 Å². The van der Waals surface area contributed by atoms with Crippen LogP contribution in [0.2, 0.25) is 0 Å². The summed E-state index contributed by atoms with van der Waals surface area (Å²) in [5, 5.41) is 20.8. The third-order valence-corrected chi connectivity index (χ3v) is 2.84. The normalized spacial score (nSPS) is 12.8. The van der Waals surface area contributed by atoms with Gasteiger partial charge >= 0.3 is 0 Å². The summed E-state index contributed by atoms with van der Waals surface area (Å²) in [5.74, 6) is 0.388. The molecule has 0 bridgehead atoms. The van der Waals surface area contributed by atoms with Crippen LogP contribution in [-0.4, -0.2) is 51.3 Å². The fourth-order valence-corrected chi connectivity index (χ4v) is 1.96. The minimum atomic E-state index is -3.41. The van der Waals surface area contributed by atoms with Gasteiger partial charge in [0.1, 0.15) is 5.75 Å². The van der Waals surface area contributed by atoms with Crippen LogP contribution in [0.4, 0.5) is 11.4 Å². The molecule has 0 saturated heterocycles. The number of anilines is 2. The van der Waals surface area contributed by atoms with E-state index in [0.29, 0.717) is 17.1 Å². The molecule has 108 valence electrons. The molecule has 0 aliphatic carbocycles. The molecule has 1 atom stereocenters. The van der Waals surface area contributed by atoms with E-state index in [9.17, 15) is 13.5 Å². The lowest BCUT2D eigenvalue weighted by Crippen LogP contribution is -2.23. The van der Waals surface area contributed by atoms with Gasteiger partial charge in [0.15, 0.2) is 0 Å². The zero-order valence-corrected chi connectivity index (χ0v) is 11.6. The highest BCUT2D eigenvalue weighted by Gasteiger charge is 2.10. The number of benzene rings is 1. The fraction of sp³-hybridized carbons (Fsp3) is 0.455. The molecule has 0 aliphatic heterocycles. The molecule has 19 heavy (non-hydrogen) atoms. The molecule has 0 spiro atoms. The largest absolute Gasteiger partial charge is 0.495 e. The van der Waals surface area contributed by atoms with Crippen LogP contribution < -0.4 is 14.8 Å². The maximum absolute atomic E-state index is 11.2. The Balaban J connectivity index is 2.89. The number of nitrogens with one attached hydrogen (secondary N) is 2. The molecule has 4 N–H and O–H groups in total. The van der Waals surface area contributed by atoms with Crippen molar-refractivity contribution in [1.82, 2.24) is 0 Å². The number of aliphatic hydroxyl groups excluding tert-OH is 2. The third-order valence-electron chi connectivity index (χ3n) is 2.25. The molecule has 8 heteroatoms. The van der Waals surface area contributed by atoms with Gasteiger partial charge in [-0.15, -0.1) is 0 Å². The van der Waals surface area contributed by atoms with Crippen LogP contribution in [0.5, 0.6) is 5.75 Å². The number of hydrogen-bond donors (Lipinski definition) is 4. The Kier molecular flexibility index (Phi) is 5.40. The number of hydrogen-bond acceptors (Lipinski definition) is 6. The molecule has 0 radical (unpaired) electrons. The van der Waals surface area contributed by atoms with Crippen molar-refractivity contribution in [3.63, 3.8) is 0 Å². The van der Waals surface area contributed by atoms with Crippen molar-refractivity contribution in [2.45, 2.75) is 6.10 Å². The van der Waals surface area contributed by atoms with Gasteiger partial charge < -0.3 is 20.3 Å². The first-order valence-electron chi connectivity index (χ1n) is 5.54. The van der Waals surface area contributed by atoms with Gasteiger partial charge in [0, 0.05) is 12.2 Å². The number of sulfonamides is 1. The van der Waals surface area contributed by atoms with Crippen LogP contribution in [0, 0.1) is 0 Å². The van der Waals surface area contributed by atoms with E-state index in [1.165, 1.54) is 7.11 Å². The molecule has 1 aromatic rings. The second-order valence-corrected chi connectivity index (χ2v) is 5.76. The highest BCUT2D eigenvalue weighted by molar-refractivity contribution is 7.92. The van der Waals surface area contributed by atoms with Gasteiger partial charge in [-0.25, -0.2) is 8.42 Å². The SMILES string of the molecule is COc1ccc(NCC(O)CO)cc1NS(C)(=O)=O. The van der Waals surface area contributed by atoms with E-state index in [1.807, 2.05) is 0 Å². The Labute approximate surface area is 112 Å². The summed E-state index contributed by atoms with van der Waals surface area (Å²) in [6.45, 7) is -0.196. The predicted octanol–water partition coefficient (Wildman–Crippen LogP) is -0.168. The Morgan fingerprint density at radius 2 is 2.11 bits per heavy atom. The summed E-state index contributed by atoms with van der Waals surface area (Å²) in [6.07, 6.45) is 0.163. The van der Waals surface area contributed by atoms with Crippen LogP contribution in [0.1, 0.15) is 0 Å². The first-order valence-corrected chi connectivity index (χ1v) is 7.43. The average Bonchev–Trinajstić information content (AvgIpc) is 2.34. The Bertz CT molecular complexity index is 518. The maximum Gasteiger partial charge on any atom is 0.229 e. The molecule has 0 heterocycles. The van der Waals surface area contributed by atoms with Gasteiger partial charge in [-0.3, -0.25) is 4.72 Å². The zero-order valence-electron chi connectivity index (χ0n) is 10.8. The molecule has 1 rings (SSSR count). The molecule has 0 aliphatic rings. The van der Waals surface area contributed by atoms with Gasteiger partial charge in [-0.2, -0.15) is 0 Å². The Morgan fingerprint density at radius 1 is 1.42 bits per heavy atom. The second kappa shape index (κ2) is 6.60. The van der Waals surface area contributed by atoms with Crippen molar-refractivity contribution in [3.05, 3.63) is 18.2 Å². The van der Waals surface area contributed by atoms with Crippen LogP contribution in [0.15, 0.2) is 18.2 Å². The molecular weight excluding hydrogens is 272 g/mol. The molecular formula is C11H18N2O5S. The molecule has 0 amide bonds. The lowest BCUT2D eigenvalue weighted by Gasteiger charge is -2.14. The summed E-state index contributed by atoms with van der Waals surface area (Å²) in [6, 6.07) is 4.82. The molecule has 1 unspecified atom stereocenters. The van der Waals surface area contributed by atoms with Crippen molar-refractivity contribution >= 4 is 21.4 Å². The smallest absolute Gasteiger partial charge is 0.229 e. The van der Waals surface area contributed by atoms with Crippen LogP contribution in [-0.2, 0) is 10.0 Å². The summed E-state index contributed by atoms with van der Waals surface area (Å²) in [7, 11) is -1.97. The summed E-state index contributed by atoms with van der Waals surface area (Å²) in [4.78, 5) is 0. The number of methoxy groups -OCH3 is 1. The Morgan fingerprint density at radius 3 is 2.63 bits per heavy atom. The van der Waals surface area contributed by atoms with Crippen LogP contribution in [0.25, 0.3) is 0 Å². The number of aliphatic hydroxyl groups is 2. The van der Waals surface area contributed by atoms with Crippen molar-refractivity contribution in [2.75, 3.05) is 36.6 Å². The lowest BCUT2D eigenvalue weighted by molar-refractivity contribution is 0.105. The van der Waals surface area contributed by atoms with Gasteiger partial charge in [0.25, 0.3) is 0 Å². The summed E-state index contributed by atoms with van der Waals surface area (Å²) in [5.41, 5.74) is 0.896. The highest BCUT2D eigenvalue weighted by atomic mass is 32.2. The fourth-order valence-electron chi connectivity index (χ4n) is 1.40. The molecule has 0 aromatic heterocycles. The predicted molar refractivity (Wildman–Crippen MR) is 73.0 cm³/mol. The quantitative estimate of drug-likeness (QED) is 0.555. The van der Waals surface area contributed by atoms with Gasteiger partial charge in [-0.05, 0) is 18.2 Å². The third kappa shape index (κ3) is 5.33. The average molecular weight is 290 g/mol. The highest BCUT2D eigenvalue weighted by Crippen LogP contribution is 2.28. The van der Waals surface area contributed by atoms with E-state index in [4.69, 9.17) is 9.84 Å². The number of rotatable bonds is 7. The minimum absolute atomic E-state index is 0.154. The molecule has 7 nitrogen and oxygen atoms in total. The van der Waals surface area contributed by atoms with Gasteiger partial charge in [0.05, 0.1) is 31.8 Å². The van der Waals surface area contributed by atoms with E-state index in [-0.39, 0.29) is 13.2 Å². The van der Waals surface area contributed by atoms with E-state index in [2.05, 4.69) is 10.0 Å². The number of ether oxygens (including phenoxy) is 1. The van der Waals surface area contributed by atoms with E-state index in [1.54, 1.807) is 18.2 Å². The molecule has 0 saturated carbocycles. The first-order chi connectivity index (χ1) is 8.85. The van der Waals surface area contributed by atoms with E-state index >= 15 is 0 Å². The van der Waals surface area contributed by atoms with E-state index < -0.39 is 16.1 Å². The zero-order chi connectivity index (χ0) is 14.5. The summed E-state index contributed by atoms with van der Waals surface area (Å²) < 4.78 is 29.9. The minimum Gasteiger partial charge on any atom is -0.495 e. The lowest BCUT2D eigenvalue weighted by atomic mass is 10.2. The monoisotopic (exact) mass is 290 g/mol. The van der Waals surface area contributed by atoms with Crippen molar-refractivity contribution in [1.29, 1.82) is 0 Å². The van der Waals surface area contributed by atoms with Gasteiger partial charge in [0.2, 0.25) is 10.0 Å². The van der Waals surface area contributed by atoms with E-state index in [0.717, 1.165) is 6.26 Å². The van der Waals surface area contributed by atoms with Crippen molar-refractivity contribution in [3.8, 4) is 5.75 Å². The standard InChI is InChI=1S/C11H18N2O5S/c1-18-11-4-3-8(12-6-9(15)7-14)5-10(11)13-19(2,16)17/h3-5,9,12-15H,6-7H2,1-2H3. The van der Waals surface area contributed by atoms with Crippen LogP contribution >= 0.6 is 0 Å². The second-order valence-electron chi connectivity index (χ2n) is 4.01. The van der Waals surface area contributed by atoms with Crippen molar-refractivity contribution < 1.29 is 23.4 Å². The van der Waals surface area contributed by atoms with Crippen LogP contribution in [0.3, 0.4) is 0 Å². The first kappa shape index (κ1) is 15.5. The van der Waals surface area contributed by atoms with Crippen molar-refractivity contribution in [2.24, 2.45) is 0 Å².